The number of esters is 1. The number of aliphatic hydroxyl groups is 1. The van der Waals surface area contributed by atoms with E-state index in [0.717, 1.165) is 0 Å². The van der Waals surface area contributed by atoms with Crippen molar-refractivity contribution in [3.63, 3.8) is 0 Å². The zero-order valence-corrected chi connectivity index (χ0v) is 9.11. The first-order chi connectivity index (χ1) is 9.72. The number of carbonyl (C=O) groups is 2. The maximum Gasteiger partial charge on any atom is 0.339 e. The van der Waals surface area contributed by atoms with E-state index in [4.69, 9.17) is 15.3 Å². The van der Waals surface area contributed by atoms with Crippen molar-refractivity contribution in [2.75, 3.05) is 6.61 Å². The predicted molar refractivity (Wildman–Crippen MR) is 60.0 cm³/mol. The molecule has 1 rings (SSSR count). The summed E-state index contributed by atoms with van der Waals surface area (Å²) in [5.41, 5.74) is -1.60. The van der Waals surface area contributed by atoms with Gasteiger partial charge in [0.1, 0.15) is 6.61 Å². The van der Waals surface area contributed by atoms with Crippen molar-refractivity contribution in [3.8, 4) is 0 Å². The van der Waals surface area contributed by atoms with Gasteiger partial charge in [-0.05, 0) is 18.5 Å². The molecule has 0 bridgehead atoms. The second-order valence-electron chi connectivity index (χ2n) is 3.22. The first kappa shape index (κ1) is 8.25. The van der Waals surface area contributed by atoms with Crippen LogP contribution in [0, 0.1) is 0 Å². The number of carboxylic acids is 1. The lowest BCUT2D eigenvalue weighted by molar-refractivity contribution is 0.0246. The molecule has 0 aliphatic carbocycles. The topological polar surface area (TPSA) is 83.8 Å². The van der Waals surface area contributed by atoms with Crippen LogP contribution in [0.5, 0.6) is 0 Å². The van der Waals surface area contributed by atoms with Gasteiger partial charge in [-0.1, -0.05) is 19.0 Å². The minimum atomic E-state index is -1.66. The number of aromatic carboxylic acids is 1. The van der Waals surface area contributed by atoms with E-state index in [0.29, 0.717) is 6.42 Å². The Balaban J connectivity index is 3.34. The lowest BCUT2D eigenvalue weighted by atomic mass is 10.1. The van der Waals surface area contributed by atoms with Gasteiger partial charge >= 0.3 is 11.9 Å². The van der Waals surface area contributed by atoms with E-state index < -0.39 is 59.9 Å². The Labute approximate surface area is 104 Å². The molecule has 0 saturated carbocycles. The molecular weight excluding hydrogens is 224 g/mol. The van der Waals surface area contributed by atoms with Crippen molar-refractivity contribution in [1.29, 1.82) is 0 Å². The Bertz CT molecular complexity index is 588. The molecule has 0 saturated heterocycles. The third-order valence-corrected chi connectivity index (χ3v) is 1.98. The van der Waals surface area contributed by atoms with E-state index in [1.165, 1.54) is 0 Å². The standard InChI is InChI=1S/C12H14O5/c1-2-8(13)7-17-12(16)10-6-4-3-5-9(10)11(14)15/h3-6,8,13H,2,7H2,1H3,(H,14,15)/i3D,4D,5D,6D. The van der Waals surface area contributed by atoms with Crippen molar-refractivity contribution in [2.45, 2.75) is 19.4 Å². The Hall–Kier alpha value is -1.88. The van der Waals surface area contributed by atoms with E-state index >= 15 is 0 Å². The van der Waals surface area contributed by atoms with Crippen molar-refractivity contribution < 1.29 is 30.0 Å². The summed E-state index contributed by atoms with van der Waals surface area (Å²) in [6.07, 6.45) is -0.621. The first-order valence-corrected chi connectivity index (χ1v) is 4.91. The number of rotatable bonds is 5. The van der Waals surface area contributed by atoms with Crippen molar-refractivity contribution in [3.05, 3.63) is 35.3 Å². The minimum absolute atomic E-state index is 0.311. The summed E-state index contributed by atoms with van der Waals surface area (Å²) in [6.45, 7) is 1.26. The molecule has 92 valence electrons. The third kappa shape index (κ3) is 3.57. The lowest BCUT2D eigenvalue weighted by Gasteiger charge is -2.10. The summed E-state index contributed by atoms with van der Waals surface area (Å²) >= 11 is 0. The highest BCUT2D eigenvalue weighted by Gasteiger charge is 2.17. The molecule has 1 aromatic rings. The van der Waals surface area contributed by atoms with Crippen LogP contribution >= 0.6 is 0 Å². The summed E-state index contributed by atoms with van der Waals surface area (Å²) in [7, 11) is 0. The number of carbonyl (C=O) groups excluding carboxylic acids is 1. The Morgan fingerprint density at radius 3 is 2.53 bits per heavy atom. The SMILES string of the molecule is [2H]c1c([2H])c([2H])c(C(=O)OCC(O)CC)c(C(=O)O)c1[2H]. The van der Waals surface area contributed by atoms with Gasteiger partial charge in [0, 0.05) is 0 Å². The number of aliphatic hydroxyl groups excluding tert-OH is 1. The molecule has 17 heavy (non-hydrogen) atoms. The largest absolute Gasteiger partial charge is 0.478 e. The smallest absolute Gasteiger partial charge is 0.339 e. The van der Waals surface area contributed by atoms with Gasteiger partial charge in [-0.25, -0.2) is 9.59 Å². The normalized spacial score (nSPS) is 15.2. The zero-order valence-electron chi connectivity index (χ0n) is 13.1. The summed E-state index contributed by atoms with van der Waals surface area (Å²) < 4.78 is 34.7. The fraction of sp³-hybridized carbons (Fsp3) is 0.333. The molecular formula is C12H14O5. The third-order valence-electron chi connectivity index (χ3n) is 1.98. The van der Waals surface area contributed by atoms with Crippen LogP contribution in [-0.2, 0) is 4.74 Å². The maximum absolute atomic E-state index is 11.9. The summed E-state index contributed by atoms with van der Waals surface area (Å²) in [6, 6.07) is -3.09. The number of ether oxygens (including phenoxy) is 1. The molecule has 0 spiro atoms. The van der Waals surface area contributed by atoms with Gasteiger partial charge in [-0.3, -0.25) is 0 Å². The minimum Gasteiger partial charge on any atom is -0.478 e. The van der Waals surface area contributed by atoms with Gasteiger partial charge < -0.3 is 14.9 Å². The van der Waals surface area contributed by atoms with Gasteiger partial charge in [0.05, 0.1) is 22.7 Å². The molecule has 1 atom stereocenters. The van der Waals surface area contributed by atoms with E-state index in [1.54, 1.807) is 6.92 Å². The molecule has 0 aromatic heterocycles. The molecule has 0 heterocycles. The molecule has 1 aromatic carbocycles. The first-order valence-electron chi connectivity index (χ1n) is 6.91. The summed E-state index contributed by atoms with van der Waals surface area (Å²) in [5.74, 6) is -2.88. The van der Waals surface area contributed by atoms with E-state index in [1.807, 2.05) is 0 Å². The summed E-state index contributed by atoms with van der Waals surface area (Å²) in [5, 5.41) is 18.4. The molecule has 2 N–H and O–H groups in total. The quantitative estimate of drug-likeness (QED) is 0.760. The Kier molecular flexibility index (Phi) is 2.91. The fourth-order valence-corrected chi connectivity index (χ4v) is 0.988. The van der Waals surface area contributed by atoms with Gasteiger partial charge in [0.2, 0.25) is 0 Å². The summed E-state index contributed by atoms with van der Waals surface area (Å²) in [4.78, 5) is 23.0. The average Bonchev–Trinajstić information content (AvgIpc) is 2.45. The van der Waals surface area contributed by atoms with Crippen LogP contribution in [0.25, 0.3) is 0 Å². The van der Waals surface area contributed by atoms with Gasteiger partial charge in [-0.2, -0.15) is 0 Å². The average molecular weight is 242 g/mol. The Morgan fingerprint density at radius 1 is 1.41 bits per heavy atom. The molecule has 5 heteroatoms. The van der Waals surface area contributed by atoms with Gasteiger partial charge in [-0.15, -0.1) is 0 Å². The highest BCUT2D eigenvalue weighted by Crippen LogP contribution is 2.10. The second kappa shape index (κ2) is 6.00. The van der Waals surface area contributed by atoms with E-state index in [2.05, 4.69) is 0 Å². The zero-order chi connectivity index (χ0) is 16.3. The fourth-order valence-electron chi connectivity index (χ4n) is 0.988. The second-order valence-corrected chi connectivity index (χ2v) is 3.22. The molecule has 0 fully saturated rings. The van der Waals surface area contributed by atoms with Gasteiger partial charge in [0.15, 0.2) is 0 Å². The maximum atomic E-state index is 11.9. The van der Waals surface area contributed by atoms with Crippen LogP contribution in [0.4, 0.5) is 0 Å². The van der Waals surface area contributed by atoms with Crippen LogP contribution in [-0.4, -0.2) is 34.9 Å². The molecule has 0 aliphatic heterocycles. The van der Waals surface area contributed by atoms with Gasteiger partial charge in [0.25, 0.3) is 0 Å². The highest BCUT2D eigenvalue weighted by atomic mass is 16.5. The Morgan fingerprint density at radius 2 is 2.00 bits per heavy atom. The van der Waals surface area contributed by atoms with Crippen LogP contribution in [0.3, 0.4) is 0 Å². The van der Waals surface area contributed by atoms with Crippen molar-refractivity contribution in [1.82, 2.24) is 0 Å². The van der Waals surface area contributed by atoms with Crippen molar-refractivity contribution in [2.24, 2.45) is 0 Å². The molecule has 5 nitrogen and oxygen atoms in total. The van der Waals surface area contributed by atoms with Crippen molar-refractivity contribution >= 4 is 11.9 Å². The van der Waals surface area contributed by atoms with E-state index in [9.17, 15) is 14.7 Å². The van der Waals surface area contributed by atoms with Crippen LogP contribution in [0.1, 0.15) is 39.5 Å². The lowest BCUT2D eigenvalue weighted by Crippen LogP contribution is -2.19. The monoisotopic (exact) mass is 242 g/mol. The molecule has 0 amide bonds. The van der Waals surface area contributed by atoms with E-state index in [-0.39, 0.29) is 0 Å². The number of hydrogen-bond donors (Lipinski definition) is 2. The number of hydrogen-bond acceptors (Lipinski definition) is 4. The molecule has 1 unspecified atom stereocenters. The molecule has 0 aliphatic rings. The van der Waals surface area contributed by atoms with Crippen LogP contribution in [0.15, 0.2) is 24.2 Å². The number of benzene rings is 1. The van der Waals surface area contributed by atoms with Crippen LogP contribution in [0.2, 0.25) is 0 Å². The molecule has 0 radical (unpaired) electrons. The predicted octanol–water partition coefficient (Wildman–Crippen LogP) is 1.31. The highest BCUT2D eigenvalue weighted by molar-refractivity contribution is 6.02. The number of carboxylic acid groups (broad SMARTS) is 1. The van der Waals surface area contributed by atoms with Crippen LogP contribution < -0.4 is 0 Å².